The Kier molecular flexibility index (Phi) is 7.55. The molecule has 0 aromatic heterocycles. The first-order valence-electron chi connectivity index (χ1n) is 9.90. The number of carbonyl (C=O) groups excluding carboxylic acids is 3. The number of aryl methyl sites for hydroxylation is 1. The highest BCUT2D eigenvalue weighted by Gasteiger charge is 2.54. The van der Waals surface area contributed by atoms with Crippen molar-refractivity contribution in [3.8, 4) is 0 Å². The van der Waals surface area contributed by atoms with Crippen molar-refractivity contribution in [2.24, 2.45) is 0 Å². The van der Waals surface area contributed by atoms with Gasteiger partial charge in [-0.05, 0) is 45.7 Å². The highest BCUT2D eigenvalue weighted by molar-refractivity contribution is 6.07. The summed E-state index contributed by atoms with van der Waals surface area (Å²) in [6.45, 7) is 7.51. The van der Waals surface area contributed by atoms with Crippen LogP contribution < -0.4 is 5.32 Å². The fourth-order valence-corrected chi connectivity index (χ4v) is 2.89. The van der Waals surface area contributed by atoms with Gasteiger partial charge in [0.1, 0.15) is 18.2 Å². The minimum Gasteiger partial charge on any atom is -0.458 e. The van der Waals surface area contributed by atoms with Crippen LogP contribution in [0.2, 0.25) is 0 Å². The van der Waals surface area contributed by atoms with Crippen molar-refractivity contribution in [2.75, 3.05) is 0 Å². The highest BCUT2D eigenvalue weighted by atomic mass is 19.1. The molecule has 31 heavy (non-hydrogen) atoms. The third kappa shape index (κ3) is 6.38. The summed E-state index contributed by atoms with van der Waals surface area (Å²) in [6.07, 6.45) is -0.961. The number of benzene rings is 2. The van der Waals surface area contributed by atoms with E-state index in [1.807, 2.05) is 6.92 Å². The van der Waals surface area contributed by atoms with Crippen LogP contribution in [0, 0.1) is 6.92 Å². The van der Waals surface area contributed by atoms with Crippen molar-refractivity contribution >= 4 is 17.8 Å². The van der Waals surface area contributed by atoms with Gasteiger partial charge in [0.15, 0.2) is 5.78 Å². The van der Waals surface area contributed by atoms with Crippen molar-refractivity contribution in [3.63, 3.8) is 0 Å². The van der Waals surface area contributed by atoms with Gasteiger partial charge in [-0.2, -0.15) is 0 Å². The maximum absolute atomic E-state index is 16.2. The zero-order valence-corrected chi connectivity index (χ0v) is 18.4. The summed E-state index contributed by atoms with van der Waals surface area (Å²) in [4.78, 5) is 37.6. The lowest BCUT2D eigenvalue weighted by Crippen LogP contribution is -2.54. The van der Waals surface area contributed by atoms with Crippen LogP contribution in [0.3, 0.4) is 0 Å². The lowest BCUT2D eigenvalue weighted by atomic mass is 9.86. The number of Topliss-reactive ketones (excluding diaryl/α,β-unsaturated/α-hetero) is 1. The topological polar surface area (TPSA) is 81.7 Å². The van der Waals surface area contributed by atoms with Gasteiger partial charge in [-0.15, -0.1) is 0 Å². The first-order chi connectivity index (χ1) is 14.4. The van der Waals surface area contributed by atoms with Crippen molar-refractivity contribution in [3.05, 3.63) is 71.3 Å². The molecule has 0 heterocycles. The van der Waals surface area contributed by atoms with E-state index in [0.717, 1.165) is 12.5 Å². The molecule has 0 unspecified atom stereocenters. The minimum atomic E-state index is -3.15. The molecule has 2 atom stereocenters. The number of amides is 1. The van der Waals surface area contributed by atoms with Crippen LogP contribution in [0.25, 0.3) is 0 Å². The molecule has 2 aromatic rings. The van der Waals surface area contributed by atoms with Crippen molar-refractivity contribution < 1.29 is 28.2 Å². The molecule has 0 saturated heterocycles. The van der Waals surface area contributed by atoms with Crippen molar-refractivity contribution in [2.45, 2.75) is 58.5 Å². The Bertz CT molecular complexity index is 921. The molecule has 6 nitrogen and oxygen atoms in total. The molecule has 7 heteroatoms. The van der Waals surface area contributed by atoms with Gasteiger partial charge in [0.2, 0.25) is 0 Å². The summed E-state index contributed by atoms with van der Waals surface area (Å²) in [5.41, 5.74) is -2.26. The number of ether oxygens (including phenoxy) is 2. The second-order valence-electron chi connectivity index (χ2n) is 8.32. The zero-order chi connectivity index (χ0) is 23.2. The molecule has 0 fully saturated rings. The molecule has 0 saturated carbocycles. The standard InChI is InChI=1S/C24H28FNO5/c1-16-11-13-19(14-12-16)20(26-22(29)31-23(3,4)5)24(25,17(2)27)21(28)30-15-18-9-7-6-8-10-18/h6-14,20H,15H2,1-5H3,(H,26,29)/t20-,24-/m0/s1. The number of hydrogen-bond acceptors (Lipinski definition) is 5. The summed E-state index contributed by atoms with van der Waals surface area (Å²) in [7, 11) is 0. The maximum Gasteiger partial charge on any atom is 0.408 e. The van der Waals surface area contributed by atoms with E-state index < -0.39 is 35.2 Å². The Morgan fingerprint density at radius 3 is 2.10 bits per heavy atom. The summed E-state index contributed by atoms with van der Waals surface area (Å²) < 4.78 is 26.5. The molecular formula is C24H28FNO5. The Labute approximate surface area is 181 Å². The Balaban J connectivity index is 2.39. The largest absolute Gasteiger partial charge is 0.458 e. The van der Waals surface area contributed by atoms with Gasteiger partial charge in [-0.25, -0.2) is 14.0 Å². The van der Waals surface area contributed by atoms with Crippen LogP contribution in [0.4, 0.5) is 9.18 Å². The Morgan fingerprint density at radius 1 is 1.00 bits per heavy atom. The van der Waals surface area contributed by atoms with Crippen LogP contribution in [0.1, 0.15) is 50.4 Å². The molecule has 2 rings (SSSR count). The van der Waals surface area contributed by atoms with Gasteiger partial charge < -0.3 is 14.8 Å². The van der Waals surface area contributed by atoms with E-state index in [9.17, 15) is 14.4 Å². The van der Waals surface area contributed by atoms with Crippen LogP contribution in [0.15, 0.2) is 54.6 Å². The first-order valence-corrected chi connectivity index (χ1v) is 9.90. The van der Waals surface area contributed by atoms with Gasteiger partial charge in [-0.1, -0.05) is 60.2 Å². The summed E-state index contributed by atoms with van der Waals surface area (Å²) in [6, 6.07) is 13.5. The third-order valence-corrected chi connectivity index (χ3v) is 4.49. The fraction of sp³-hybridized carbons (Fsp3) is 0.375. The van der Waals surface area contributed by atoms with Crippen LogP contribution in [0.5, 0.6) is 0 Å². The SMILES string of the molecule is CC(=O)[C@@](F)(C(=O)OCc1ccccc1)[C@@H](NC(=O)OC(C)(C)C)c1ccc(C)cc1. The molecule has 1 N–H and O–H groups in total. The van der Waals surface area contributed by atoms with E-state index >= 15 is 4.39 Å². The summed E-state index contributed by atoms with van der Waals surface area (Å²) >= 11 is 0. The molecule has 0 aliphatic heterocycles. The zero-order valence-electron chi connectivity index (χ0n) is 18.4. The molecule has 0 radical (unpaired) electrons. The third-order valence-electron chi connectivity index (χ3n) is 4.49. The second kappa shape index (κ2) is 9.73. The first kappa shape index (κ1) is 24.1. The average Bonchev–Trinajstić information content (AvgIpc) is 2.69. The molecule has 0 aliphatic rings. The molecule has 1 amide bonds. The summed E-state index contributed by atoms with van der Waals surface area (Å²) in [5, 5.41) is 2.35. The molecule has 2 aromatic carbocycles. The number of alkyl carbamates (subject to hydrolysis) is 1. The smallest absolute Gasteiger partial charge is 0.408 e. The lowest BCUT2D eigenvalue weighted by molar-refractivity contribution is -0.165. The van der Waals surface area contributed by atoms with Gasteiger partial charge in [0.05, 0.1) is 0 Å². The number of ketones is 1. The van der Waals surface area contributed by atoms with E-state index in [1.165, 1.54) is 0 Å². The molecule has 166 valence electrons. The van der Waals surface area contributed by atoms with Crippen LogP contribution in [-0.4, -0.2) is 29.1 Å². The molecule has 0 spiro atoms. The number of nitrogens with one attached hydrogen (secondary N) is 1. The average molecular weight is 429 g/mol. The number of esters is 1. The van der Waals surface area contributed by atoms with E-state index in [1.54, 1.807) is 75.4 Å². The Morgan fingerprint density at radius 2 is 1.58 bits per heavy atom. The van der Waals surface area contributed by atoms with E-state index in [4.69, 9.17) is 9.47 Å². The van der Waals surface area contributed by atoms with Crippen LogP contribution in [-0.2, 0) is 25.7 Å². The number of rotatable bonds is 7. The van der Waals surface area contributed by atoms with Gasteiger partial charge in [0, 0.05) is 0 Å². The predicted molar refractivity (Wildman–Crippen MR) is 114 cm³/mol. The number of carbonyl (C=O) groups is 3. The predicted octanol–water partition coefficient (Wildman–Crippen LogP) is 4.60. The molecule has 0 bridgehead atoms. The maximum atomic E-state index is 16.2. The fourth-order valence-electron chi connectivity index (χ4n) is 2.89. The van der Waals surface area contributed by atoms with Crippen molar-refractivity contribution in [1.29, 1.82) is 0 Å². The van der Waals surface area contributed by atoms with Gasteiger partial charge in [0.25, 0.3) is 5.67 Å². The van der Waals surface area contributed by atoms with E-state index in [2.05, 4.69) is 5.32 Å². The second-order valence-corrected chi connectivity index (χ2v) is 8.32. The lowest BCUT2D eigenvalue weighted by Gasteiger charge is -2.31. The van der Waals surface area contributed by atoms with Crippen LogP contribution >= 0.6 is 0 Å². The van der Waals surface area contributed by atoms with E-state index in [0.29, 0.717) is 5.56 Å². The quantitative estimate of drug-likeness (QED) is 0.514. The minimum absolute atomic E-state index is 0.217. The Hall–Kier alpha value is -3.22. The number of alkyl halides is 1. The van der Waals surface area contributed by atoms with Gasteiger partial charge in [-0.3, -0.25) is 4.79 Å². The number of halogens is 1. The normalized spacial score (nSPS) is 14.1. The molecule has 0 aliphatic carbocycles. The van der Waals surface area contributed by atoms with Crippen molar-refractivity contribution in [1.82, 2.24) is 5.32 Å². The monoisotopic (exact) mass is 429 g/mol. The number of hydrogen-bond donors (Lipinski definition) is 1. The molecular weight excluding hydrogens is 401 g/mol. The highest BCUT2D eigenvalue weighted by Crippen LogP contribution is 2.33. The van der Waals surface area contributed by atoms with E-state index in [-0.39, 0.29) is 12.2 Å². The van der Waals surface area contributed by atoms with Gasteiger partial charge >= 0.3 is 12.1 Å². The summed E-state index contributed by atoms with van der Waals surface area (Å²) in [5.74, 6) is -2.47.